The molecule has 7 aromatic rings. The molecule has 0 radical (unpaired) electrons. The lowest BCUT2D eigenvalue weighted by molar-refractivity contribution is 1.15. The zero-order valence-corrected chi connectivity index (χ0v) is 23.8. The molecule has 0 unspecified atom stereocenters. The molecule has 3 heteroatoms. The molecule has 41 heavy (non-hydrogen) atoms. The third-order valence-corrected chi connectivity index (χ3v) is 7.88. The molecule has 7 rings (SSSR count). The van der Waals surface area contributed by atoms with E-state index in [9.17, 15) is 0 Å². The Morgan fingerprint density at radius 3 is 1.39 bits per heavy atom. The standard InChI is InChI=1S/C38H31N3/c1-24-19-26(3)36-32(21-24)33-22-25(2)20-27(4)37(33)41(36)31-17-15-30(16-18-31)38-39-34(28-11-7-5-8-12-28)23-35(40-38)29-13-9-6-10-14-29/h5-23H,1-4H3. The number of hydrogen-bond donors (Lipinski definition) is 0. The Hall–Kier alpha value is -5.02. The van der Waals surface area contributed by atoms with E-state index in [1.807, 2.05) is 36.4 Å². The van der Waals surface area contributed by atoms with Crippen molar-refractivity contribution in [2.24, 2.45) is 0 Å². The highest BCUT2D eigenvalue weighted by molar-refractivity contribution is 6.11. The van der Waals surface area contributed by atoms with Crippen molar-refractivity contribution in [1.82, 2.24) is 14.5 Å². The van der Waals surface area contributed by atoms with E-state index in [0.717, 1.165) is 39.6 Å². The van der Waals surface area contributed by atoms with Gasteiger partial charge in [0, 0.05) is 33.2 Å². The summed E-state index contributed by atoms with van der Waals surface area (Å²) in [6.07, 6.45) is 0. The van der Waals surface area contributed by atoms with Crippen LogP contribution >= 0.6 is 0 Å². The lowest BCUT2D eigenvalue weighted by Crippen LogP contribution is -1.99. The maximum atomic E-state index is 5.02. The summed E-state index contributed by atoms with van der Waals surface area (Å²) in [6, 6.07) is 40.6. The fourth-order valence-electron chi connectivity index (χ4n) is 6.14. The fraction of sp³-hybridized carbons (Fsp3) is 0.105. The molecule has 0 amide bonds. The Bertz CT molecular complexity index is 1930. The van der Waals surface area contributed by atoms with Gasteiger partial charge in [-0.15, -0.1) is 0 Å². The zero-order chi connectivity index (χ0) is 28.1. The molecule has 3 nitrogen and oxygen atoms in total. The van der Waals surface area contributed by atoms with Gasteiger partial charge in [-0.1, -0.05) is 83.9 Å². The molecule has 0 saturated carbocycles. The molecule has 0 spiro atoms. The maximum Gasteiger partial charge on any atom is 0.160 e. The van der Waals surface area contributed by atoms with Crippen molar-refractivity contribution in [3.63, 3.8) is 0 Å². The Balaban J connectivity index is 1.40. The van der Waals surface area contributed by atoms with Crippen molar-refractivity contribution in [3.05, 3.63) is 138 Å². The minimum atomic E-state index is 0.720. The predicted octanol–water partition coefficient (Wildman–Crippen LogP) is 9.81. The van der Waals surface area contributed by atoms with Gasteiger partial charge in [0.05, 0.1) is 22.4 Å². The molecule has 0 aliphatic heterocycles. The Morgan fingerprint density at radius 1 is 0.463 bits per heavy atom. The second kappa shape index (κ2) is 9.87. The number of rotatable bonds is 4. The number of aromatic nitrogens is 3. The molecule has 0 N–H and O–H groups in total. The highest BCUT2D eigenvalue weighted by Crippen LogP contribution is 2.37. The molecule has 198 valence electrons. The average molecular weight is 530 g/mol. The molecule has 0 bridgehead atoms. The number of aryl methyl sites for hydroxylation is 4. The van der Waals surface area contributed by atoms with Crippen LogP contribution < -0.4 is 0 Å². The second-order valence-corrected chi connectivity index (χ2v) is 11.0. The van der Waals surface area contributed by atoms with Crippen LogP contribution in [-0.2, 0) is 0 Å². The van der Waals surface area contributed by atoms with Crippen molar-refractivity contribution in [2.45, 2.75) is 27.7 Å². The van der Waals surface area contributed by atoms with Crippen molar-refractivity contribution >= 4 is 21.8 Å². The number of fused-ring (bicyclic) bond motifs is 3. The van der Waals surface area contributed by atoms with Gasteiger partial charge in [-0.25, -0.2) is 9.97 Å². The summed E-state index contributed by atoms with van der Waals surface area (Å²) in [7, 11) is 0. The van der Waals surface area contributed by atoms with E-state index >= 15 is 0 Å². The maximum absolute atomic E-state index is 5.02. The molecule has 0 aliphatic rings. The van der Waals surface area contributed by atoms with E-state index in [1.54, 1.807) is 0 Å². The van der Waals surface area contributed by atoms with Gasteiger partial charge in [-0.05, 0) is 81.3 Å². The van der Waals surface area contributed by atoms with Gasteiger partial charge in [0.1, 0.15) is 0 Å². The van der Waals surface area contributed by atoms with Gasteiger partial charge in [0.25, 0.3) is 0 Å². The third-order valence-electron chi connectivity index (χ3n) is 7.88. The minimum absolute atomic E-state index is 0.720. The molecule has 0 fully saturated rings. The topological polar surface area (TPSA) is 30.7 Å². The third kappa shape index (κ3) is 4.40. The van der Waals surface area contributed by atoms with Gasteiger partial charge in [0.15, 0.2) is 5.82 Å². The monoisotopic (exact) mass is 529 g/mol. The van der Waals surface area contributed by atoms with Crippen molar-refractivity contribution in [2.75, 3.05) is 0 Å². The summed E-state index contributed by atoms with van der Waals surface area (Å²) in [4.78, 5) is 10.0. The quantitative estimate of drug-likeness (QED) is 0.227. The van der Waals surface area contributed by atoms with Gasteiger partial charge >= 0.3 is 0 Å². The summed E-state index contributed by atoms with van der Waals surface area (Å²) >= 11 is 0. The molecule has 0 atom stereocenters. The van der Waals surface area contributed by atoms with Crippen LogP contribution in [-0.4, -0.2) is 14.5 Å². The van der Waals surface area contributed by atoms with Crippen LogP contribution in [0.3, 0.4) is 0 Å². The zero-order valence-electron chi connectivity index (χ0n) is 23.8. The van der Waals surface area contributed by atoms with E-state index in [2.05, 4.69) is 111 Å². The van der Waals surface area contributed by atoms with Crippen LogP contribution in [0.25, 0.3) is 61.4 Å². The van der Waals surface area contributed by atoms with E-state index < -0.39 is 0 Å². The smallest absolute Gasteiger partial charge is 0.160 e. The largest absolute Gasteiger partial charge is 0.309 e. The van der Waals surface area contributed by atoms with Gasteiger partial charge in [0.2, 0.25) is 0 Å². The molecule has 0 saturated heterocycles. The van der Waals surface area contributed by atoms with Crippen LogP contribution in [0.15, 0.2) is 115 Å². The lowest BCUT2D eigenvalue weighted by atomic mass is 10.0. The van der Waals surface area contributed by atoms with E-state index in [-0.39, 0.29) is 0 Å². The number of benzene rings is 5. The van der Waals surface area contributed by atoms with Crippen LogP contribution in [0, 0.1) is 27.7 Å². The molecule has 5 aromatic carbocycles. The Kier molecular flexibility index (Phi) is 6.01. The van der Waals surface area contributed by atoms with Crippen molar-refractivity contribution in [3.8, 4) is 39.6 Å². The first-order chi connectivity index (χ1) is 20.0. The van der Waals surface area contributed by atoms with Gasteiger partial charge in [-0.2, -0.15) is 0 Å². The summed E-state index contributed by atoms with van der Waals surface area (Å²) < 4.78 is 2.43. The van der Waals surface area contributed by atoms with Crippen LogP contribution in [0.5, 0.6) is 0 Å². The summed E-state index contributed by atoms with van der Waals surface area (Å²) in [6.45, 7) is 8.80. The Morgan fingerprint density at radius 2 is 0.927 bits per heavy atom. The lowest BCUT2D eigenvalue weighted by Gasteiger charge is -2.13. The molecule has 2 heterocycles. The van der Waals surface area contributed by atoms with Crippen LogP contribution in [0.4, 0.5) is 0 Å². The molecule has 2 aromatic heterocycles. The molecule has 0 aliphatic carbocycles. The number of nitrogens with zero attached hydrogens (tertiary/aromatic N) is 3. The summed E-state index contributed by atoms with van der Waals surface area (Å²) in [5.74, 6) is 0.720. The first-order valence-electron chi connectivity index (χ1n) is 14.1. The fourth-order valence-corrected chi connectivity index (χ4v) is 6.14. The molecular weight excluding hydrogens is 498 g/mol. The first kappa shape index (κ1) is 25.0. The summed E-state index contributed by atoms with van der Waals surface area (Å²) in [5.41, 5.74) is 13.8. The SMILES string of the molecule is Cc1cc(C)c2c(c1)c1cc(C)cc(C)c1n2-c1ccc(-c2nc(-c3ccccc3)cc(-c3ccccc3)n2)cc1. The first-order valence-corrected chi connectivity index (χ1v) is 14.1. The minimum Gasteiger partial charge on any atom is -0.309 e. The van der Waals surface area contributed by atoms with Crippen molar-refractivity contribution in [1.29, 1.82) is 0 Å². The highest BCUT2D eigenvalue weighted by Gasteiger charge is 2.17. The van der Waals surface area contributed by atoms with Gasteiger partial charge in [-0.3, -0.25) is 0 Å². The summed E-state index contributed by atoms with van der Waals surface area (Å²) in [5, 5.41) is 2.61. The van der Waals surface area contributed by atoms with Crippen LogP contribution in [0.1, 0.15) is 22.3 Å². The van der Waals surface area contributed by atoms with Crippen LogP contribution in [0.2, 0.25) is 0 Å². The average Bonchev–Trinajstić information content (AvgIpc) is 3.32. The van der Waals surface area contributed by atoms with E-state index in [1.165, 1.54) is 44.1 Å². The normalized spacial score (nSPS) is 11.4. The second-order valence-electron chi connectivity index (χ2n) is 11.0. The van der Waals surface area contributed by atoms with Crippen molar-refractivity contribution < 1.29 is 0 Å². The highest BCUT2D eigenvalue weighted by atomic mass is 15.0. The van der Waals surface area contributed by atoms with E-state index in [4.69, 9.17) is 9.97 Å². The van der Waals surface area contributed by atoms with E-state index in [0.29, 0.717) is 0 Å². The van der Waals surface area contributed by atoms with Gasteiger partial charge < -0.3 is 4.57 Å². The predicted molar refractivity (Wildman–Crippen MR) is 172 cm³/mol. The molecular formula is C38H31N3. The number of hydrogen-bond acceptors (Lipinski definition) is 2. The Labute approximate surface area is 240 Å².